The van der Waals surface area contributed by atoms with E-state index in [0.29, 0.717) is 0 Å². The minimum Gasteiger partial charge on any atom is -0.506 e. The smallest absolute Gasteiger partial charge is 0.213 e. The summed E-state index contributed by atoms with van der Waals surface area (Å²) >= 11 is 0. The van der Waals surface area contributed by atoms with Gasteiger partial charge in [0.05, 0.1) is 5.69 Å². The van der Waals surface area contributed by atoms with E-state index >= 15 is 0 Å². The van der Waals surface area contributed by atoms with Crippen molar-refractivity contribution in [3.8, 4) is 5.75 Å². The highest BCUT2D eigenvalue weighted by Gasteiger charge is 2.18. The molecule has 2 aromatic rings. The Kier molecular flexibility index (Phi) is 3.11. The Morgan fingerprint density at radius 2 is 1.63 bits per heavy atom. The van der Waals surface area contributed by atoms with Gasteiger partial charge in [-0.1, -0.05) is 42.5 Å². The van der Waals surface area contributed by atoms with Gasteiger partial charge in [0.25, 0.3) is 0 Å². The molecule has 2 radical (unpaired) electrons. The van der Waals surface area contributed by atoms with E-state index < -0.39 is 0 Å². The molecule has 0 unspecified atom stereocenters. The van der Waals surface area contributed by atoms with Gasteiger partial charge in [-0.3, -0.25) is 0 Å². The molecule has 0 aromatic heterocycles. The molecule has 0 aliphatic carbocycles. The molecular formula is C16H14N2O. The van der Waals surface area contributed by atoms with Gasteiger partial charge in [-0.05, 0) is 17.7 Å². The lowest BCUT2D eigenvalue weighted by atomic mass is 10.2. The first-order chi connectivity index (χ1) is 9.33. The molecule has 3 rings (SSSR count). The Hall–Kier alpha value is -2.42. The monoisotopic (exact) mass is 250 g/mol. The molecule has 3 heteroatoms. The molecule has 1 aliphatic heterocycles. The lowest BCUT2D eigenvalue weighted by molar-refractivity contribution is 0.456. The molecule has 19 heavy (non-hydrogen) atoms. The normalized spacial score (nSPS) is 14.1. The number of benzene rings is 2. The van der Waals surface area contributed by atoms with Crippen LogP contribution in [0.25, 0.3) is 0 Å². The molecule has 1 aliphatic rings. The van der Waals surface area contributed by atoms with E-state index in [1.165, 1.54) is 5.56 Å². The van der Waals surface area contributed by atoms with Gasteiger partial charge in [0.1, 0.15) is 5.75 Å². The number of phenols is 1. The fraction of sp³-hybridized carbons (Fsp3) is 0.0625. The Bertz CT molecular complexity index is 580. The second-order valence-electron chi connectivity index (χ2n) is 4.37. The maximum Gasteiger partial charge on any atom is 0.213 e. The summed E-state index contributed by atoms with van der Waals surface area (Å²) in [4.78, 5) is 3.75. The molecule has 1 heterocycles. The highest BCUT2D eigenvalue weighted by Crippen LogP contribution is 2.30. The number of rotatable bonds is 3. The lowest BCUT2D eigenvalue weighted by Gasteiger charge is -2.19. The molecule has 3 nitrogen and oxygen atoms in total. The third kappa shape index (κ3) is 2.55. The lowest BCUT2D eigenvalue weighted by Crippen LogP contribution is -2.18. The number of hydrogen-bond donors (Lipinski definition) is 1. The van der Waals surface area contributed by atoms with Crippen LogP contribution in [0, 0.1) is 6.67 Å². The third-order valence-corrected chi connectivity index (χ3v) is 2.97. The Morgan fingerprint density at radius 3 is 2.42 bits per heavy atom. The highest BCUT2D eigenvalue weighted by atomic mass is 16.3. The average Bonchev–Trinajstić information content (AvgIpc) is 2.89. The molecule has 0 amide bonds. The molecule has 94 valence electrons. The van der Waals surface area contributed by atoms with Gasteiger partial charge in [0.2, 0.25) is 6.67 Å². The van der Waals surface area contributed by atoms with E-state index in [1.807, 2.05) is 47.6 Å². The molecular weight excluding hydrogens is 236 g/mol. The van der Waals surface area contributed by atoms with Crippen LogP contribution in [-0.4, -0.2) is 10.0 Å². The van der Waals surface area contributed by atoms with Crippen LogP contribution in [0.5, 0.6) is 5.75 Å². The van der Waals surface area contributed by atoms with Crippen molar-refractivity contribution in [1.82, 2.24) is 4.90 Å². The van der Waals surface area contributed by atoms with Crippen LogP contribution < -0.4 is 4.90 Å². The number of hydrogen-bond acceptors (Lipinski definition) is 3. The number of anilines is 1. The zero-order chi connectivity index (χ0) is 13.1. The summed E-state index contributed by atoms with van der Waals surface area (Å²) in [5.74, 6) is 0.251. The van der Waals surface area contributed by atoms with Crippen LogP contribution >= 0.6 is 0 Å². The van der Waals surface area contributed by atoms with Crippen molar-refractivity contribution in [2.75, 3.05) is 4.90 Å². The van der Waals surface area contributed by atoms with Gasteiger partial charge in [0.15, 0.2) is 0 Å². The van der Waals surface area contributed by atoms with E-state index in [2.05, 4.69) is 18.8 Å². The van der Waals surface area contributed by atoms with Crippen molar-refractivity contribution in [1.29, 1.82) is 0 Å². The van der Waals surface area contributed by atoms with Gasteiger partial charge in [-0.15, -0.1) is 0 Å². The second kappa shape index (κ2) is 5.06. The van der Waals surface area contributed by atoms with Crippen molar-refractivity contribution < 1.29 is 5.11 Å². The van der Waals surface area contributed by atoms with E-state index in [1.54, 1.807) is 17.0 Å². The second-order valence-corrected chi connectivity index (χ2v) is 4.37. The van der Waals surface area contributed by atoms with Gasteiger partial charge < -0.3 is 14.9 Å². The van der Waals surface area contributed by atoms with Crippen LogP contribution in [0.2, 0.25) is 0 Å². The van der Waals surface area contributed by atoms with Crippen molar-refractivity contribution in [2.24, 2.45) is 0 Å². The van der Waals surface area contributed by atoms with Crippen LogP contribution in [0.15, 0.2) is 67.0 Å². The number of para-hydroxylation sites is 2. The van der Waals surface area contributed by atoms with Crippen molar-refractivity contribution in [3.63, 3.8) is 0 Å². The van der Waals surface area contributed by atoms with Crippen LogP contribution in [0.3, 0.4) is 0 Å². The van der Waals surface area contributed by atoms with Crippen LogP contribution in [0.1, 0.15) is 5.56 Å². The van der Waals surface area contributed by atoms with Crippen molar-refractivity contribution >= 4 is 5.69 Å². The average molecular weight is 250 g/mol. The van der Waals surface area contributed by atoms with Gasteiger partial charge >= 0.3 is 0 Å². The van der Waals surface area contributed by atoms with Gasteiger partial charge in [-0.2, -0.15) is 0 Å². The van der Waals surface area contributed by atoms with Crippen molar-refractivity contribution in [2.45, 2.75) is 6.54 Å². The standard InChI is InChI=1S/C16H14N2O/c19-16-9-5-4-8-15(16)18-11-10-17(13-18)12-14-6-2-1-3-7-14/h1-11,19H,12H2. The van der Waals surface area contributed by atoms with Gasteiger partial charge in [-0.25, -0.2) is 0 Å². The molecule has 2 aromatic carbocycles. The zero-order valence-corrected chi connectivity index (χ0v) is 10.4. The number of phenolic OH excluding ortho intramolecular Hbond substituents is 1. The summed E-state index contributed by atoms with van der Waals surface area (Å²) in [6.07, 6.45) is 3.83. The van der Waals surface area contributed by atoms with E-state index in [9.17, 15) is 5.11 Å². The van der Waals surface area contributed by atoms with E-state index in [-0.39, 0.29) is 5.75 Å². The maximum atomic E-state index is 9.81. The highest BCUT2D eigenvalue weighted by molar-refractivity contribution is 5.61. The predicted octanol–water partition coefficient (Wildman–Crippen LogP) is 3.18. The summed E-state index contributed by atoms with van der Waals surface area (Å²) in [6, 6.07) is 17.4. The Morgan fingerprint density at radius 1 is 0.895 bits per heavy atom. The summed E-state index contributed by atoms with van der Waals surface area (Å²) in [6.45, 7) is 3.96. The van der Waals surface area contributed by atoms with Gasteiger partial charge in [0, 0.05) is 18.9 Å². The first kappa shape index (κ1) is 11.7. The third-order valence-electron chi connectivity index (χ3n) is 2.97. The van der Waals surface area contributed by atoms with E-state index in [4.69, 9.17) is 0 Å². The Balaban J connectivity index is 1.69. The first-order valence-corrected chi connectivity index (χ1v) is 6.15. The number of aromatic hydroxyl groups is 1. The van der Waals surface area contributed by atoms with E-state index in [0.717, 1.165) is 12.2 Å². The summed E-state index contributed by atoms with van der Waals surface area (Å²) in [5.41, 5.74) is 1.95. The topological polar surface area (TPSA) is 26.7 Å². The molecule has 0 fully saturated rings. The first-order valence-electron chi connectivity index (χ1n) is 6.15. The Labute approximate surface area is 113 Å². The molecule has 0 bridgehead atoms. The minimum absolute atomic E-state index is 0.251. The quantitative estimate of drug-likeness (QED) is 0.906. The molecule has 0 spiro atoms. The molecule has 1 N–H and O–H groups in total. The predicted molar refractivity (Wildman–Crippen MR) is 75.0 cm³/mol. The van der Waals surface area contributed by atoms with Crippen molar-refractivity contribution in [3.05, 3.63) is 79.2 Å². The minimum atomic E-state index is 0.251. The summed E-state index contributed by atoms with van der Waals surface area (Å²) in [7, 11) is 0. The molecule has 0 saturated heterocycles. The largest absolute Gasteiger partial charge is 0.506 e. The van der Waals surface area contributed by atoms with Crippen LogP contribution in [-0.2, 0) is 6.54 Å². The summed E-state index contributed by atoms with van der Waals surface area (Å²) in [5, 5.41) is 9.81. The number of nitrogens with zero attached hydrogens (tertiary/aromatic N) is 2. The zero-order valence-electron chi connectivity index (χ0n) is 10.4. The molecule has 0 atom stereocenters. The molecule has 0 saturated carbocycles. The SMILES string of the molecule is Oc1ccccc1N1[C]N(Cc2ccccc2)C=C1. The maximum absolute atomic E-state index is 9.81. The van der Waals surface area contributed by atoms with Crippen LogP contribution in [0.4, 0.5) is 5.69 Å². The fourth-order valence-corrected chi connectivity index (χ4v) is 2.02. The summed E-state index contributed by atoms with van der Waals surface area (Å²) < 4.78 is 0. The fourth-order valence-electron chi connectivity index (χ4n) is 2.02.